The third kappa shape index (κ3) is 6.04. The first-order valence-corrected chi connectivity index (χ1v) is 27.9. The fourth-order valence-electron chi connectivity index (χ4n) is 14.2. The molecule has 0 aliphatic carbocycles. The first kappa shape index (κ1) is 45.2. The third-order valence-electron chi connectivity index (χ3n) is 17.6. The largest absolute Gasteiger partial charge is 0.454 e. The van der Waals surface area contributed by atoms with Crippen LogP contribution in [0.3, 0.4) is 0 Å². The molecule has 18 aromatic rings. The zero-order valence-corrected chi connectivity index (χ0v) is 44.3. The lowest BCUT2D eigenvalue weighted by Crippen LogP contribution is -2.14. The number of nitriles is 1. The van der Waals surface area contributed by atoms with Gasteiger partial charge in [0.15, 0.2) is 5.58 Å². The Morgan fingerprint density at radius 3 is 1.35 bits per heavy atom. The SMILES string of the molecule is [C-]#[N+]c1c(-n2c3ccccc3c3ccccc32)c(C#N)c(-n2c3ccccc3c3ccccc32)c(-n2c3cc(-c4cccc5c4ccc4ccccc45)ccc3c3ccc4c5ccccc5oc4c32)c1-n1c2ccccc2c2ccccc21. The minimum absolute atomic E-state index is 0.322. The molecule has 18 rings (SSSR count). The summed E-state index contributed by atoms with van der Waals surface area (Å²) in [7, 11) is 0. The molecule has 5 heterocycles. The molecule has 0 aliphatic heterocycles. The summed E-state index contributed by atoms with van der Waals surface area (Å²) in [6.45, 7) is 9.93. The second-order valence-corrected chi connectivity index (χ2v) is 21.6. The van der Waals surface area contributed by atoms with Gasteiger partial charge in [0.25, 0.3) is 0 Å². The normalized spacial score (nSPS) is 12.1. The molecular formula is C76H42N6O. The van der Waals surface area contributed by atoms with Crippen molar-refractivity contribution in [2.24, 2.45) is 0 Å². The summed E-state index contributed by atoms with van der Waals surface area (Å²) in [6, 6.07) is 92.8. The van der Waals surface area contributed by atoms with Gasteiger partial charge >= 0.3 is 0 Å². The lowest BCUT2D eigenvalue weighted by atomic mass is 9.94. The molecule has 7 heteroatoms. The maximum Gasteiger partial charge on any atom is 0.237 e. The molecule has 0 radical (unpaired) electrons. The molecule has 0 atom stereocenters. The molecule has 0 saturated carbocycles. The first-order chi connectivity index (χ1) is 41.2. The highest BCUT2D eigenvalue weighted by molar-refractivity contribution is 6.24. The molecule has 382 valence electrons. The Hall–Kier alpha value is -11.6. The monoisotopic (exact) mass is 1050 g/mol. The predicted molar refractivity (Wildman–Crippen MR) is 343 cm³/mol. The molecule has 0 bridgehead atoms. The van der Waals surface area contributed by atoms with Crippen LogP contribution in [0, 0.1) is 17.9 Å². The topological polar surface area (TPSA) is 61.0 Å². The van der Waals surface area contributed by atoms with Gasteiger partial charge in [-0.05, 0) is 87.3 Å². The fraction of sp³-hybridized carbons (Fsp3) is 0. The standard InChI is InChI=1S/C76H42N6O/c1-78-70-71(79-62-30-11-4-21-51(62)52-22-5-12-31-63(52)79)61(44-77)72(80-64-32-13-6-23-53(64)54-24-7-14-33-65(54)80)75(74(70)81-66-34-15-8-25-55(66)56-26-9-16-35-67(56)81)82-68-43-46(48-28-18-29-49-47-20-3-2-19-45(47)37-39-50(48)49)38-40-57(68)59-41-42-60-58-27-10-17-36-69(58)83-76(60)73(59)82/h2-43H. The van der Waals surface area contributed by atoms with E-state index in [4.69, 9.17) is 9.26 Å². The van der Waals surface area contributed by atoms with Crippen LogP contribution >= 0.6 is 0 Å². The number of nitrogens with zero attached hydrogens (tertiary/aromatic N) is 6. The lowest BCUT2D eigenvalue weighted by Gasteiger charge is -2.27. The Labute approximate surface area is 473 Å². The molecule has 13 aromatic carbocycles. The Balaban J connectivity index is 1.14. The van der Waals surface area contributed by atoms with E-state index in [0.29, 0.717) is 39.6 Å². The van der Waals surface area contributed by atoms with Gasteiger partial charge < -0.3 is 22.7 Å². The summed E-state index contributed by atoms with van der Waals surface area (Å²) >= 11 is 0. The predicted octanol–water partition coefficient (Wildman–Crippen LogP) is 20.4. The van der Waals surface area contributed by atoms with Crippen LogP contribution in [0.5, 0.6) is 0 Å². The molecule has 0 aliphatic rings. The number of hydrogen-bond acceptors (Lipinski definition) is 2. The zero-order valence-electron chi connectivity index (χ0n) is 44.3. The molecular weight excluding hydrogens is 1010 g/mol. The van der Waals surface area contributed by atoms with E-state index >= 15 is 0 Å². The minimum Gasteiger partial charge on any atom is -0.454 e. The summed E-state index contributed by atoms with van der Waals surface area (Å²) in [5.41, 5.74) is 13.8. The van der Waals surface area contributed by atoms with Crippen LogP contribution in [0.1, 0.15) is 5.56 Å². The summed E-state index contributed by atoms with van der Waals surface area (Å²) in [6.07, 6.45) is 0. The van der Waals surface area contributed by atoms with Gasteiger partial charge in [-0.2, -0.15) is 5.26 Å². The average molecular weight is 1060 g/mol. The van der Waals surface area contributed by atoms with Gasteiger partial charge in [-0.3, -0.25) is 0 Å². The first-order valence-electron chi connectivity index (χ1n) is 27.9. The molecule has 83 heavy (non-hydrogen) atoms. The van der Waals surface area contributed by atoms with Crippen molar-refractivity contribution in [3.63, 3.8) is 0 Å². The molecule has 0 N–H and O–H groups in total. The van der Waals surface area contributed by atoms with Gasteiger partial charge in [0.05, 0.1) is 79.0 Å². The average Bonchev–Trinajstić information content (AvgIpc) is 1.79. The van der Waals surface area contributed by atoms with Crippen molar-refractivity contribution in [2.45, 2.75) is 0 Å². The number of rotatable bonds is 5. The molecule has 0 fully saturated rings. The Kier molecular flexibility index (Phi) is 9.23. The van der Waals surface area contributed by atoms with Gasteiger partial charge in [-0.1, -0.05) is 200 Å². The highest BCUT2D eigenvalue weighted by Gasteiger charge is 2.35. The second kappa shape index (κ2) is 16.9. The van der Waals surface area contributed by atoms with Gasteiger partial charge in [-0.25, -0.2) is 4.85 Å². The van der Waals surface area contributed by atoms with Crippen LogP contribution in [0.4, 0.5) is 5.69 Å². The number of fused-ring (bicyclic) bond motifs is 19. The minimum atomic E-state index is 0.322. The lowest BCUT2D eigenvalue weighted by molar-refractivity contribution is 0.671. The van der Waals surface area contributed by atoms with Gasteiger partial charge in [0.2, 0.25) is 5.69 Å². The quantitative estimate of drug-likeness (QED) is 0.127. The number of hydrogen-bond donors (Lipinski definition) is 0. The van der Waals surface area contributed by atoms with Crippen molar-refractivity contribution in [3.05, 3.63) is 272 Å². The Bertz CT molecular complexity index is 5670. The van der Waals surface area contributed by atoms with Crippen LogP contribution in [0.15, 0.2) is 259 Å². The maximum atomic E-state index is 12.7. The Morgan fingerprint density at radius 1 is 0.337 bits per heavy atom. The highest BCUT2D eigenvalue weighted by Crippen LogP contribution is 2.53. The van der Waals surface area contributed by atoms with Crippen LogP contribution in [-0.4, -0.2) is 18.3 Å². The van der Waals surface area contributed by atoms with Crippen LogP contribution in [-0.2, 0) is 0 Å². The van der Waals surface area contributed by atoms with Gasteiger partial charge in [0.1, 0.15) is 11.7 Å². The Morgan fingerprint density at radius 2 is 0.783 bits per heavy atom. The number of aromatic nitrogens is 4. The highest BCUT2D eigenvalue weighted by atomic mass is 16.3. The van der Waals surface area contributed by atoms with E-state index in [1.54, 1.807) is 0 Å². The number of furan rings is 1. The van der Waals surface area contributed by atoms with Crippen molar-refractivity contribution >= 4 is 136 Å². The fourth-order valence-corrected chi connectivity index (χ4v) is 14.2. The number of benzene rings is 13. The summed E-state index contributed by atoms with van der Waals surface area (Å²) < 4.78 is 16.4. The van der Waals surface area contributed by atoms with E-state index in [1.807, 2.05) is 24.3 Å². The summed E-state index contributed by atoms with van der Waals surface area (Å²) in [5, 5.41) is 27.6. The molecule has 0 spiro atoms. The molecule has 0 unspecified atom stereocenters. The van der Waals surface area contributed by atoms with E-state index in [1.165, 1.54) is 16.2 Å². The van der Waals surface area contributed by atoms with Crippen LogP contribution in [0.25, 0.3) is 169 Å². The van der Waals surface area contributed by atoms with E-state index < -0.39 is 0 Å². The molecule has 7 nitrogen and oxygen atoms in total. The smallest absolute Gasteiger partial charge is 0.237 e. The maximum absolute atomic E-state index is 12.7. The van der Waals surface area contributed by atoms with Crippen LogP contribution in [0.2, 0.25) is 0 Å². The zero-order chi connectivity index (χ0) is 54.6. The molecule has 0 amide bonds. The second-order valence-electron chi connectivity index (χ2n) is 21.6. The van der Waals surface area contributed by atoms with E-state index in [0.717, 1.165) is 120 Å². The number of para-hydroxylation sites is 7. The van der Waals surface area contributed by atoms with Crippen molar-refractivity contribution in [1.29, 1.82) is 5.26 Å². The van der Waals surface area contributed by atoms with Crippen molar-refractivity contribution in [1.82, 2.24) is 18.3 Å². The third-order valence-corrected chi connectivity index (χ3v) is 17.6. The molecule has 5 aromatic heterocycles. The van der Waals surface area contributed by atoms with Crippen LogP contribution < -0.4 is 0 Å². The van der Waals surface area contributed by atoms with Gasteiger partial charge in [-0.15, -0.1) is 0 Å². The van der Waals surface area contributed by atoms with Crippen molar-refractivity contribution in [3.8, 4) is 39.9 Å². The van der Waals surface area contributed by atoms with Crippen molar-refractivity contribution < 1.29 is 4.42 Å². The van der Waals surface area contributed by atoms with E-state index in [9.17, 15) is 11.8 Å². The van der Waals surface area contributed by atoms with Gasteiger partial charge in [0, 0.05) is 53.9 Å². The summed E-state index contributed by atoms with van der Waals surface area (Å²) in [4.78, 5) is 4.83. The van der Waals surface area contributed by atoms with Crippen molar-refractivity contribution in [2.75, 3.05) is 0 Å². The molecule has 0 saturated heterocycles. The van der Waals surface area contributed by atoms with E-state index in [-0.39, 0.29) is 0 Å². The summed E-state index contributed by atoms with van der Waals surface area (Å²) in [5.74, 6) is 0. The van der Waals surface area contributed by atoms with E-state index in [2.05, 4.69) is 255 Å².